The molecular formula is C27H30ClN5O4. The quantitative estimate of drug-likeness (QED) is 0.317. The van der Waals surface area contributed by atoms with Crippen molar-refractivity contribution < 1.29 is 19.4 Å². The standard InChI is InChI=1S/C27H30ClN5O4/c1-15(2)19-14-29-33-23(13-22(28)30-24(19)33)31(26(36)37-27(3,4)5)16-10-11-21-18(12-16)17-8-6-7-9-20(17)32(21)25(34)35/h6-9,13-16H,10-12H2,1-5H3,(H,34,35)/t16-/m1/s1. The Balaban J connectivity index is 1.67. The summed E-state index contributed by atoms with van der Waals surface area (Å²) in [7, 11) is 0. The van der Waals surface area contributed by atoms with Gasteiger partial charge in [0.15, 0.2) is 5.65 Å². The lowest BCUT2D eigenvalue weighted by Gasteiger charge is -2.35. The second kappa shape index (κ2) is 9.06. The van der Waals surface area contributed by atoms with E-state index in [4.69, 9.17) is 16.3 Å². The molecule has 10 heteroatoms. The molecule has 1 atom stereocenters. The first-order valence-electron chi connectivity index (χ1n) is 12.4. The number of para-hydroxylation sites is 1. The molecule has 194 valence electrons. The van der Waals surface area contributed by atoms with E-state index in [1.165, 1.54) is 4.57 Å². The van der Waals surface area contributed by atoms with Crippen LogP contribution in [0.15, 0.2) is 36.5 Å². The fourth-order valence-corrected chi connectivity index (χ4v) is 5.36. The first-order chi connectivity index (χ1) is 17.5. The average Bonchev–Trinajstić information content (AvgIpc) is 3.37. The molecule has 1 aliphatic carbocycles. The van der Waals surface area contributed by atoms with Crippen molar-refractivity contribution in [2.45, 2.75) is 71.4 Å². The van der Waals surface area contributed by atoms with Crippen LogP contribution in [0.2, 0.25) is 5.15 Å². The van der Waals surface area contributed by atoms with Crippen LogP contribution < -0.4 is 4.90 Å². The van der Waals surface area contributed by atoms with Crippen molar-refractivity contribution in [2.24, 2.45) is 0 Å². The normalized spacial score (nSPS) is 15.8. The van der Waals surface area contributed by atoms with Gasteiger partial charge in [-0.15, -0.1) is 0 Å². The van der Waals surface area contributed by atoms with Crippen LogP contribution in [0.3, 0.4) is 0 Å². The highest BCUT2D eigenvalue weighted by Crippen LogP contribution is 2.36. The maximum atomic E-state index is 13.7. The molecule has 0 bridgehead atoms. The Labute approximate surface area is 219 Å². The number of ether oxygens (including phenoxy) is 1. The van der Waals surface area contributed by atoms with Gasteiger partial charge in [0.2, 0.25) is 0 Å². The largest absolute Gasteiger partial charge is 0.464 e. The third-order valence-electron chi connectivity index (χ3n) is 6.71. The lowest BCUT2D eigenvalue weighted by molar-refractivity contribution is 0.0560. The van der Waals surface area contributed by atoms with Crippen molar-refractivity contribution >= 4 is 46.2 Å². The van der Waals surface area contributed by atoms with Gasteiger partial charge in [0.1, 0.15) is 16.6 Å². The molecule has 1 amide bonds. The average molecular weight is 524 g/mol. The van der Waals surface area contributed by atoms with E-state index in [0.29, 0.717) is 36.2 Å². The summed E-state index contributed by atoms with van der Waals surface area (Å²) < 4.78 is 8.86. The highest BCUT2D eigenvalue weighted by Gasteiger charge is 2.37. The van der Waals surface area contributed by atoms with Crippen LogP contribution in [0.5, 0.6) is 0 Å². The number of hydrogen-bond acceptors (Lipinski definition) is 5. The van der Waals surface area contributed by atoms with Crippen molar-refractivity contribution in [1.82, 2.24) is 19.2 Å². The highest BCUT2D eigenvalue weighted by atomic mass is 35.5. The van der Waals surface area contributed by atoms with Crippen molar-refractivity contribution in [1.29, 1.82) is 0 Å². The summed E-state index contributed by atoms with van der Waals surface area (Å²) in [5.74, 6) is 0.622. The number of benzene rings is 1. The molecule has 4 aromatic rings. The first-order valence-corrected chi connectivity index (χ1v) is 12.7. The molecular weight excluding hydrogens is 494 g/mol. The van der Waals surface area contributed by atoms with Crippen LogP contribution in [0, 0.1) is 0 Å². The number of fused-ring (bicyclic) bond motifs is 4. The number of amides is 1. The van der Waals surface area contributed by atoms with E-state index in [0.717, 1.165) is 22.2 Å². The smallest absolute Gasteiger partial charge is 0.416 e. The molecule has 3 heterocycles. The monoisotopic (exact) mass is 523 g/mol. The van der Waals surface area contributed by atoms with E-state index in [1.807, 2.05) is 58.9 Å². The third-order valence-corrected chi connectivity index (χ3v) is 6.90. The van der Waals surface area contributed by atoms with Crippen LogP contribution in [0.4, 0.5) is 15.4 Å². The van der Waals surface area contributed by atoms with Crippen molar-refractivity contribution in [3.05, 3.63) is 58.5 Å². The van der Waals surface area contributed by atoms with Gasteiger partial charge < -0.3 is 9.84 Å². The van der Waals surface area contributed by atoms with Gasteiger partial charge in [-0.05, 0) is 57.6 Å². The zero-order valence-corrected chi connectivity index (χ0v) is 22.3. The van der Waals surface area contributed by atoms with E-state index in [9.17, 15) is 14.7 Å². The second-order valence-electron chi connectivity index (χ2n) is 10.7. The maximum Gasteiger partial charge on any atom is 0.416 e. The fraction of sp³-hybridized carbons (Fsp3) is 0.407. The summed E-state index contributed by atoms with van der Waals surface area (Å²) in [4.78, 5) is 32.0. The zero-order valence-electron chi connectivity index (χ0n) is 21.5. The molecule has 0 saturated carbocycles. The van der Waals surface area contributed by atoms with Crippen LogP contribution in [-0.4, -0.2) is 48.1 Å². The van der Waals surface area contributed by atoms with Gasteiger partial charge in [-0.1, -0.05) is 43.6 Å². The molecule has 0 fully saturated rings. The molecule has 1 aromatic carbocycles. The summed E-state index contributed by atoms with van der Waals surface area (Å²) in [5, 5.41) is 15.6. The Hall–Kier alpha value is -3.59. The highest BCUT2D eigenvalue weighted by molar-refractivity contribution is 6.29. The number of nitrogens with zero attached hydrogens (tertiary/aromatic N) is 5. The maximum absolute atomic E-state index is 13.7. The number of aromatic nitrogens is 4. The predicted molar refractivity (Wildman–Crippen MR) is 142 cm³/mol. The van der Waals surface area contributed by atoms with Gasteiger partial charge in [-0.3, -0.25) is 4.90 Å². The summed E-state index contributed by atoms with van der Waals surface area (Å²) >= 11 is 6.48. The van der Waals surface area contributed by atoms with Crippen molar-refractivity contribution in [2.75, 3.05) is 4.90 Å². The lowest BCUT2D eigenvalue weighted by Crippen LogP contribution is -2.47. The van der Waals surface area contributed by atoms with Crippen LogP contribution >= 0.6 is 11.6 Å². The van der Waals surface area contributed by atoms with Gasteiger partial charge in [0.25, 0.3) is 0 Å². The van der Waals surface area contributed by atoms with E-state index in [-0.39, 0.29) is 17.1 Å². The molecule has 1 N–H and O–H groups in total. The molecule has 37 heavy (non-hydrogen) atoms. The van der Waals surface area contributed by atoms with Crippen LogP contribution in [-0.2, 0) is 17.6 Å². The number of carbonyl (C=O) groups is 2. The Kier molecular flexibility index (Phi) is 6.14. The lowest BCUT2D eigenvalue weighted by atomic mass is 9.90. The molecule has 0 radical (unpaired) electrons. The molecule has 1 aliphatic rings. The van der Waals surface area contributed by atoms with Gasteiger partial charge in [-0.25, -0.2) is 19.1 Å². The number of halogens is 1. The number of carboxylic acid groups (broad SMARTS) is 1. The minimum atomic E-state index is -1.01. The minimum Gasteiger partial charge on any atom is -0.464 e. The van der Waals surface area contributed by atoms with Crippen molar-refractivity contribution in [3.8, 4) is 0 Å². The number of rotatable bonds is 3. The minimum absolute atomic E-state index is 0.158. The predicted octanol–water partition coefficient (Wildman–Crippen LogP) is 6.29. The Morgan fingerprint density at radius 3 is 2.65 bits per heavy atom. The second-order valence-corrected chi connectivity index (χ2v) is 11.1. The number of hydrogen-bond donors (Lipinski definition) is 1. The third kappa shape index (κ3) is 4.41. The van der Waals surface area contributed by atoms with Crippen LogP contribution in [0.25, 0.3) is 16.6 Å². The van der Waals surface area contributed by atoms with E-state index < -0.39 is 17.8 Å². The van der Waals surface area contributed by atoms with Crippen LogP contribution in [0.1, 0.15) is 63.8 Å². The van der Waals surface area contributed by atoms with E-state index >= 15 is 0 Å². The zero-order chi connectivity index (χ0) is 26.6. The first kappa shape index (κ1) is 25.1. The van der Waals surface area contributed by atoms with E-state index in [1.54, 1.807) is 21.7 Å². The fourth-order valence-electron chi connectivity index (χ4n) is 5.18. The molecule has 0 spiro atoms. The van der Waals surface area contributed by atoms with Gasteiger partial charge in [0, 0.05) is 28.8 Å². The topological polar surface area (TPSA) is 102 Å². The molecule has 3 aromatic heterocycles. The number of carbonyl (C=O) groups excluding carboxylic acids is 1. The van der Waals surface area contributed by atoms with Gasteiger partial charge in [-0.2, -0.15) is 9.61 Å². The summed E-state index contributed by atoms with van der Waals surface area (Å²) in [6.45, 7) is 9.56. The van der Waals surface area contributed by atoms with Gasteiger partial charge in [0.05, 0.1) is 11.7 Å². The van der Waals surface area contributed by atoms with Crippen molar-refractivity contribution in [3.63, 3.8) is 0 Å². The van der Waals surface area contributed by atoms with Gasteiger partial charge >= 0.3 is 12.2 Å². The molecule has 0 aliphatic heterocycles. The summed E-state index contributed by atoms with van der Waals surface area (Å²) in [6.07, 6.45) is 1.69. The summed E-state index contributed by atoms with van der Waals surface area (Å²) in [5.41, 5.74) is 3.11. The molecule has 0 saturated heterocycles. The number of anilines is 1. The Morgan fingerprint density at radius 1 is 1.24 bits per heavy atom. The SMILES string of the molecule is CC(C)c1cnn2c(N(C(=O)OC(C)(C)C)[C@@H]3CCc4c(c5ccccc5n4C(=O)O)C3)cc(Cl)nc12. The van der Waals surface area contributed by atoms with E-state index in [2.05, 4.69) is 10.1 Å². The molecule has 5 rings (SSSR count). The molecule has 0 unspecified atom stereocenters. The molecule has 9 nitrogen and oxygen atoms in total. The Bertz CT molecular complexity index is 1530. The summed E-state index contributed by atoms with van der Waals surface area (Å²) in [6, 6.07) is 8.78. The Morgan fingerprint density at radius 2 is 1.97 bits per heavy atom.